The summed E-state index contributed by atoms with van der Waals surface area (Å²) >= 11 is 1.60. The normalized spacial score (nSPS) is 16.8. The van der Waals surface area contributed by atoms with E-state index in [4.69, 9.17) is 9.47 Å². The van der Waals surface area contributed by atoms with Crippen LogP contribution in [-0.4, -0.2) is 51.0 Å². The fourth-order valence-electron chi connectivity index (χ4n) is 3.61. The van der Waals surface area contributed by atoms with Crippen molar-refractivity contribution in [1.29, 1.82) is 0 Å². The van der Waals surface area contributed by atoms with E-state index in [0.29, 0.717) is 6.54 Å². The van der Waals surface area contributed by atoms with E-state index in [2.05, 4.69) is 4.72 Å². The van der Waals surface area contributed by atoms with E-state index in [-0.39, 0.29) is 28.2 Å². The SMILES string of the molecule is COc1ccc(C(=O)OCC(=O)N2CCCC2c2cccs2)cc1S(=O)(=O)NC(C)(C)C. The van der Waals surface area contributed by atoms with Crippen LogP contribution in [0.25, 0.3) is 0 Å². The predicted molar refractivity (Wildman–Crippen MR) is 121 cm³/mol. The quantitative estimate of drug-likeness (QED) is 0.610. The van der Waals surface area contributed by atoms with Gasteiger partial charge in [-0.2, -0.15) is 0 Å². The van der Waals surface area contributed by atoms with E-state index < -0.39 is 28.1 Å². The molecule has 2 aromatic rings. The second-order valence-corrected chi connectivity index (χ2v) is 11.2. The number of nitrogens with zero attached hydrogens (tertiary/aromatic N) is 1. The van der Waals surface area contributed by atoms with Crippen LogP contribution < -0.4 is 9.46 Å². The van der Waals surface area contributed by atoms with Gasteiger partial charge in [-0.1, -0.05) is 6.07 Å². The molecule has 32 heavy (non-hydrogen) atoms. The van der Waals surface area contributed by atoms with Gasteiger partial charge in [0.2, 0.25) is 10.0 Å². The van der Waals surface area contributed by atoms with Gasteiger partial charge in [0.15, 0.2) is 6.61 Å². The molecular weight excluding hydrogens is 452 g/mol. The number of likely N-dealkylation sites (tertiary alicyclic amines) is 1. The standard InChI is InChI=1S/C22H28N2O6S2/c1-22(2,3)23-32(27,28)19-13-15(9-10-17(19)29-4)21(26)30-14-20(25)24-11-5-7-16(24)18-8-6-12-31-18/h6,8-10,12-13,16,23H,5,7,11,14H2,1-4H3. The molecular formula is C22H28N2O6S2. The lowest BCUT2D eigenvalue weighted by Crippen LogP contribution is -2.40. The second-order valence-electron chi connectivity index (χ2n) is 8.56. The summed E-state index contributed by atoms with van der Waals surface area (Å²) in [6.07, 6.45) is 1.77. The van der Waals surface area contributed by atoms with Gasteiger partial charge >= 0.3 is 5.97 Å². The van der Waals surface area contributed by atoms with E-state index in [0.717, 1.165) is 17.7 Å². The summed E-state index contributed by atoms with van der Waals surface area (Å²) in [6, 6.07) is 7.95. The third-order valence-corrected chi connectivity index (χ3v) is 7.65. The second kappa shape index (κ2) is 9.60. The summed E-state index contributed by atoms with van der Waals surface area (Å²) in [6.45, 7) is 5.34. The number of ether oxygens (including phenoxy) is 2. The molecule has 3 rings (SSSR count). The molecule has 10 heteroatoms. The van der Waals surface area contributed by atoms with E-state index in [1.54, 1.807) is 37.0 Å². The molecule has 1 N–H and O–H groups in total. The summed E-state index contributed by atoms with van der Waals surface area (Å²) in [4.78, 5) is 28.0. The van der Waals surface area contributed by atoms with Crippen molar-refractivity contribution >= 4 is 33.2 Å². The van der Waals surface area contributed by atoms with Gasteiger partial charge in [-0.15, -0.1) is 11.3 Å². The number of rotatable bonds is 7. The van der Waals surface area contributed by atoms with Crippen LogP contribution in [0.3, 0.4) is 0 Å². The number of esters is 1. The van der Waals surface area contributed by atoms with Gasteiger partial charge in [0, 0.05) is 17.0 Å². The maximum Gasteiger partial charge on any atom is 0.338 e. The lowest BCUT2D eigenvalue weighted by atomic mass is 10.1. The minimum absolute atomic E-state index is 0.00223. The Bertz CT molecular complexity index is 1070. The first-order valence-electron chi connectivity index (χ1n) is 10.2. The van der Waals surface area contributed by atoms with E-state index in [9.17, 15) is 18.0 Å². The fourth-order valence-corrected chi connectivity index (χ4v) is 6.10. The van der Waals surface area contributed by atoms with Crippen LogP contribution in [-0.2, 0) is 19.6 Å². The van der Waals surface area contributed by atoms with Crippen LogP contribution in [0.1, 0.15) is 54.9 Å². The number of thiophene rings is 1. The van der Waals surface area contributed by atoms with Gasteiger partial charge in [-0.05, 0) is 63.3 Å². The molecule has 1 fully saturated rings. The monoisotopic (exact) mass is 480 g/mol. The molecule has 1 aromatic heterocycles. The van der Waals surface area contributed by atoms with Crippen LogP contribution in [0.2, 0.25) is 0 Å². The Balaban J connectivity index is 1.72. The van der Waals surface area contributed by atoms with Crippen molar-refractivity contribution in [2.24, 2.45) is 0 Å². The maximum absolute atomic E-state index is 12.8. The molecule has 0 radical (unpaired) electrons. The van der Waals surface area contributed by atoms with Crippen molar-refractivity contribution in [3.63, 3.8) is 0 Å². The van der Waals surface area contributed by atoms with Crippen molar-refractivity contribution in [3.8, 4) is 5.75 Å². The van der Waals surface area contributed by atoms with Gasteiger partial charge in [0.25, 0.3) is 5.91 Å². The third kappa shape index (κ3) is 5.67. The molecule has 2 heterocycles. The van der Waals surface area contributed by atoms with Crippen molar-refractivity contribution in [3.05, 3.63) is 46.2 Å². The summed E-state index contributed by atoms with van der Waals surface area (Å²) in [5.74, 6) is -0.949. The smallest absolute Gasteiger partial charge is 0.338 e. The zero-order valence-electron chi connectivity index (χ0n) is 18.6. The van der Waals surface area contributed by atoms with Gasteiger partial charge in [-0.25, -0.2) is 17.9 Å². The first kappa shape index (κ1) is 24.2. The Morgan fingerprint density at radius 2 is 2.00 bits per heavy atom. The largest absolute Gasteiger partial charge is 0.495 e. The van der Waals surface area contributed by atoms with Crippen LogP contribution in [0.5, 0.6) is 5.75 Å². The number of hydrogen-bond acceptors (Lipinski definition) is 7. The van der Waals surface area contributed by atoms with E-state index >= 15 is 0 Å². The number of nitrogens with one attached hydrogen (secondary N) is 1. The maximum atomic E-state index is 12.8. The minimum atomic E-state index is -3.95. The summed E-state index contributed by atoms with van der Waals surface area (Å²) in [5.41, 5.74) is -0.703. The first-order valence-corrected chi connectivity index (χ1v) is 12.6. The van der Waals surface area contributed by atoms with Crippen molar-refractivity contribution in [2.45, 2.75) is 50.1 Å². The number of carbonyl (C=O) groups is 2. The van der Waals surface area contributed by atoms with Crippen LogP contribution in [0.15, 0.2) is 40.6 Å². The summed E-state index contributed by atoms with van der Waals surface area (Å²) in [7, 11) is -2.60. The minimum Gasteiger partial charge on any atom is -0.495 e. The number of carbonyl (C=O) groups excluding carboxylic acids is 2. The number of hydrogen-bond donors (Lipinski definition) is 1. The zero-order chi connectivity index (χ0) is 23.5. The highest BCUT2D eigenvalue weighted by molar-refractivity contribution is 7.89. The highest BCUT2D eigenvalue weighted by Crippen LogP contribution is 2.34. The molecule has 1 aliphatic heterocycles. The molecule has 174 valence electrons. The molecule has 0 spiro atoms. The van der Waals surface area contributed by atoms with Gasteiger partial charge < -0.3 is 14.4 Å². The Kier molecular flexibility index (Phi) is 7.26. The zero-order valence-corrected chi connectivity index (χ0v) is 20.2. The highest BCUT2D eigenvalue weighted by atomic mass is 32.2. The fraction of sp³-hybridized carbons (Fsp3) is 0.455. The summed E-state index contributed by atoms with van der Waals surface area (Å²) in [5, 5.41) is 1.97. The highest BCUT2D eigenvalue weighted by Gasteiger charge is 2.31. The number of methoxy groups -OCH3 is 1. The van der Waals surface area contributed by atoms with Crippen LogP contribution >= 0.6 is 11.3 Å². The predicted octanol–water partition coefficient (Wildman–Crippen LogP) is 3.35. The number of benzene rings is 1. The molecule has 1 aliphatic rings. The van der Waals surface area contributed by atoms with Gasteiger partial charge in [-0.3, -0.25) is 4.79 Å². The molecule has 1 saturated heterocycles. The average molecular weight is 481 g/mol. The van der Waals surface area contributed by atoms with Crippen LogP contribution in [0.4, 0.5) is 0 Å². The molecule has 8 nitrogen and oxygen atoms in total. The lowest BCUT2D eigenvalue weighted by Gasteiger charge is -2.23. The molecule has 0 saturated carbocycles. The molecule has 0 bridgehead atoms. The van der Waals surface area contributed by atoms with Crippen molar-refractivity contribution in [2.75, 3.05) is 20.3 Å². The Hall–Kier alpha value is -2.43. The van der Waals surface area contributed by atoms with Crippen molar-refractivity contribution in [1.82, 2.24) is 9.62 Å². The number of amides is 1. The lowest BCUT2D eigenvalue weighted by molar-refractivity contribution is -0.135. The van der Waals surface area contributed by atoms with Crippen LogP contribution in [0, 0.1) is 0 Å². The average Bonchev–Trinajstić information content (AvgIpc) is 3.40. The van der Waals surface area contributed by atoms with E-state index in [1.807, 2.05) is 17.5 Å². The summed E-state index contributed by atoms with van der Waals surface area (Å²) < 4.78 is 38.5. The molecule has 1 amide bonds. The molecule has 1 aromatic carbocycles. The Morgan fingerprint density at radius 3 is 2.62 bits per heavy atom. The molecule has 0 aliphatic carbocycles. The Labute approximate surface area is 192 Å². The Morgan fingerprint density at radius 1 is 1.25 bits per heavy atom. The molecule has 1 atom stereocenters. The third-order valence-electron chi connectivity index (χ3n) is 4.90. The van der Waals surface area contributed by atoms with Gasteiger partial charge in [0.05, 0.1) is 18.7 Å². The van der Waals surface area contributed by atoms with Gasteiger partial charge in [0.1, 0.15) is 10.6 Å². The van der Waals surface area contributed by atoms with Crippen molar-refractivity contribution < 1.29 is 27.5 Å². The molecule has 1 unspecified atom stereocenters. The number of sulfonamides is 1. The topological polar surface area (TPSA) is 102 Å². The van der Waals surface area contributed by atoms with E-state index in [1.165, 1.54) is 25.3 Å². The first-order chi connectivity index (χ1) is 15.0.